The number of tetrazole rings is 1. The van der Waals surface area contributed by atoms with E-state index in [1.807, 2.05) is 6.07 Å². The van der Waals surface area contributed by atoms with Crippen LogP contribution in [0.3, 0.4) is 0 Å². The Balaban J connectivity index is 1.65. The van der Waals surface area contributed by atoms with Crippen LogP contribution < -0.4 is 5.32 Å². The van der Waals surface area contributed by atoms with Crippen molar-refractivity contribution in [2.75, 3.05) is 5.32 Å². The van der Waals surface area contributed by atoms with Gasteiger partial charge in [0.2, 0.25) is 5.65 Å². The van der Waals surface area contributed by atoms with Crippen LogP contribution in [-0.2, 0) is 0 Å². The average molecular weight is 280 g/mol. The summed E-state index contributed by atoms with van der Waals surface area (Å²) in [6, 6.07) is 10.9. The summed E-state index contributed by atoms with van der Waals surface area (Å²) in [6.07, 6.45) is 3.45. The fraction of sp³-hybridized carbons (Fsp3) is 0.333. The summed E-state index contributed by atoms with van der Waals surface area (Å²) in [5, 5.41) is 15.1. The molecule has 1 aliphatic rings. The molecular formula is C15H16N6. The summed E-state index contributed by atoms with van der Waals surface area (Å²) in [7, 11) is 0. The van der Waals surface area contributed by atoms with Crippen molar-refractivity contribution in [2.45, 2.75) is 25.8 Å². The lowest BCUT2D eigenvalue weighted by Gasteiger charge is -2.06. The first-order chi connectivity index (χ1) is 10.2. The molecule has 1 saturated carbocycles. The summed E-state index contributed by atoms with van der Waals surface area (Å²) in [5.74, 6) is 1.20. The Kier molecular flexibility index (Phi) is 2.48. The third kappa shape index (κ3) is 1.86. The molecule has 6 nitrogen and oxygen atoms in total. The molecule has 2 heterocycles. The van der Waals surface area contributed by atoms with Crippen LogP contribution in [0.4, 0.5) is 5.82 Å². The van der Waals surface area contributed by atoms with E-state index in [0.717, 1.165) is 5.82 Å². The average Bonchev–Trinajstić information content (AvgIpc) is 2.86. The van der Waals surface area contributed by atoms with E-state index in [-0.39, 0.29) is 5.41 Å². The molecule has 1 aliphatic carbocycles. The molecule has 0 radical (unpaired) electrons. The number of hydrogen-bond acceptors (Lipinski definition) is 5. The number of aromatic nitrogens is 5. The zero-order valence-corrected chi connectivity index (χ0v) is 11.9. The fourth-order valence-electron chi connectivity index (χ4n) is 3.12. The first-order valence-corrected chi connectivity index (χ1v) is 7.02. The van der Waals surface area contributed by atoms with Crippen LogP contribution in [0, 0.1) is 5.41 Å². The summed E-state index contributed by atoms with van der Waals surface area (Å²) >= 11 is 0. The Hall–Kier alpha value is -2.50. The van der Waals surface area contributed by atoms with Gasteiger partial charge >= 0.3 is 0 Å². The largest absolute Gasteiger partial charge is 0.363 e. The van der Waals surface area contributed by atoms with Crippen LogP contribution in [0.1, 0.15) is 25.3 Å². The van der Waals surface area contributed by atoms with Gasteiger partial charge in [0.1, 0.15) is 0 Å². The van der Waals surface area contributed by atoms with Crippen LogP contribution in [0.5, 0.6) is 0 Å². The molecule has 4 rings (SSSR count). The van der Waals surface area contributed by atoms with Gasteiger partial charge in [0, 0.05) is 18.2 Å². The monoisotopic (exact) mass is 280 g/mol. The fourth-order valence-corrected chi connectivity index (χ4v) is 3.12. The Labute approximate surface area is 122 Å². The summed E-state index contributed by atoms with van der Waals surface area (Å²) < 4.78 is 1.63. The molecule has 0 aliphatic heterocycles. The predicted molar refractivity (Wildman–Crippen MR) is 79.0 cm³/mol. The highest BCUT2D eigenvalue weighted by Gasteiger charge is 2.58. The number of nitrogens with zero attached hydrogens (tertiary/aromatic N) is 5. The molecule has 21 heavy (non-hydrogen) atoms. The highest BCUT2D eigenvalue weighted by Crippen LogP contribution is 2.59. The van der Waals surface area contributed by atoms with Gasteiger partial charge in [0.15, 0.2) is 5.82 Å². The van der Waals surface area contributed by atoms with Crippen LogP contribution in [0.2, 0.25) is 0 Å². The van der Waals surface area contributed by atoms with Crippen molar-refractivity contribution in [3.63, 3.8) is 0 Å². The number of hydrogen-bond donors (Lipinski definition) is 1. The van der Waals surface area contributed by atoms with E-state index in [9.17, 15) is 0 Å². The summed E-state index contributed by atoms with van der Waals surface area (Å²) in [5.41, 5.74) is 2.20. The van der Waals surface area contributed by atoms with E-state index in [2.05, 4.69) is 63.9 Å². The van der Waals surface area contributed by atoms with Gasteiger partial charge < -0.3 is 5.32 Å². The maximum atomic E-state index is 4.38. The molecule has 0 unspecified atom stereocenters. The van der Waals surface area contributed by atoms with Gasteiger partial charge in [-0.05, 0) is 21.4 Å². The second kappa shape index (κ2) is 4.25. The number of fused-ring (bicyclic) bond motifs is 1. The zero-order valence-electron chi connectivity index (χ0n) is 11.9. The van der Waals surface area contributed by atoms with Crippen LogP contribution in [0.25, 0.3) is 5.65 Å². The Morgan fingerprint density at radius 1 is 1.19 bits per heavy atom. The normalized spacial score (nSPS) is 23.1. The van der Waals surface area contributed by atoms with Crippen LogP contribution in [0.15, 0.2) is 42.7 Å². The number of anilines is 1. The molecule has 2 atom stereocenters. The molecule has 1 aromatic carbocycles. The van der Waals surface area contributed by atoms with E-state index in [1.165, 1.54) is 5.56 Å². The van der Waals surface area contributed by atoms with Crippen molar-refractivity contribution in [3.05, 3.63) is 48.3 Å². The lowest BCUT2D eigenvalue weighted by atomic mass is 10.0. The quantitative estimate of drug-likeness (QED) is 0.796. The Bertz CT molecular complexity index is 779. The predicted octanol–water partition coefficient (Wildman–Crippen LogP) is 2.12. The maximum Gasteiger partial charge on any atom is 0.221 e. The molecule has 3 aromatic rings. The van der Waals surface area contributed by atoms with Crippen molar-refractivity contribution in [1.29, 1.82) is 0 Å². The number of rotatable bonds is 3. The molecule has 0 spiro atoms. The summed E-state index contributed by atoms with van der Waals surface area (Å²) in [6.45, 7) is 4.54. The minimum atomic E-state index is 0.184. The lowest BCUT2D eigenvalue weighted by molar-refractivity contribution is 0.607. The smallest absolute Gasteiger partial charge is 0.221 e. The molecular weight excluding hydrogens is 264 g/mol. The van der Waals surface area contributed by atoms with E-state index in [0.29, 0.717) is 17.6 Å². The SMILES string of the molecule is CC1(C)[C@@H](Nc2nccn3nnnc23)[C@@H]1c1ccccc1. The first-order valence-electron chi connectivity index (χ1n) is 7.02. The second-order valence-electron chi connectivity index (χ2n) is 6.05. The molecule has 2 aromatic heterocycles. The van der Waals surface area contributed by atoms with Gasteiger partial charge in [0.05, 0.1) is 6.20 Å². The van der Waals surface area contributed by atoms with Crippen molar-refractivity contribution >= 4 is 11.5 Å². The zero-order chi connectivity index (χ0) is 14.4. The standard InChI is InChI=1S/C15H16N6/c1-15(2)11(10-6-4-3-5-7-10)12(15)17-13-14-18-19-20-21(14)9-8-16-13/h3-9,11-12H,1-2H3,(H,16,17)/t11-,12-/m0/s1. The lowest BCUT2D eigenvalue weighted by Crippen LogP contribution is -2.11. The van der Waals surface area contributed by atoms with E-state index in [1.54, 1.807) is 16.9 Å². The van der Waals surface area contributed by atoms with Gasteiger partial charge in [-0.2, -0.15) is 4.52 Å². The van der Waals surface area contributed by atoms with Crippen LogP contribution in [-0.4, -0.2) is 31.1 Å². The van der Waals surface area contributed by atoms with Crippen molar-refractivity contribution in [2.24, 2.45) is 5.41 Å². The topological polar surface area (TPSA) is 68.0 Å². The van der Waals surface area contributed by atoms with E-state index < -0.39 is 0 Å². The molecule has 6 heteroatoms. The Morgan fingerprint density at radius 3 is 2.81 bits per heavy atom. The first kappa shape index (κ1) is 12.3. The Morgan fingerprint density at radius 2 is 2.00 bits per heavy atom. The minimum Gasteiger partial charge on any atom is -0.363 e. The van der Waals surface area contributed by atoms with Crippen molar-refractivity contribution < 1.29 is 0 Å². The maximum absolute atomic E-state index is 4.38. The van der Waals surface area contributed by atoms with E-state index in [4.69, 9.17) is 0 Å². The highest BCUT2D eigenvalue weighted by molar-refractivity contribution is 5.63. The summed E-state index contributed by atoms with van der Waals surface area (Å²) in [4.78, 5) is 4.38. The molecule has 1 fully saturated rings. The number of nitrogens with one attached hydrogen (secondary N) is 1. The molecule has 1 N–H and O–H groups in total. The van der Waals surface area contributed by atoms with Gasteiger partial charge in [-0.25, -0.2) is 4.98 Å². The molecule has 106 valence electrons. The molecule has 0 saturated heterocycles. The molecule has 0 bridgehead atoms. The van der Waals surface area contributed by atoms with Gasteiger partial charge in [-0.3, -0.25) is 0 Å². The second-order valence-corrected chi connectivity index (χ2v) is 6.05. The van der Waals surface area contributed by atoms with Crippen molar-refractivity contribution in [3.8, 4) is 0 Å². The minimum absolute atomic E-state index is 0.184. The highest BCUT2D eigenvalue weighted by atomic mass is 15.5. The van der Waals surface area contributed by atoms with Crippen molar-refractivity contribution in [1.82, 2.24) is 25.0 Å². The van der Waals surface area contributed by atoms with Crippen LogP contribution >= 0.6 is 0 Å². The van der Waals surface area contributed by atoms with Gasteiger partial charge in [-0.1, -0.05) is 44.2 Å². The third-order valence-corrected chi connectivity index (χ3v) is 4.39. The van der Waals surface area contributed by atoms with Gasteiger partial charge in [0.25, 0.3) is 0 Å². The van der Waals surface area contributed by atoms with Gasteiger partial charge in [-0.15, -0.1) is 5.10 Å². The third-order valence-electron chi connectivity index (χ3n) is 4.39. The van der Waals surface area contributed by atoms with E-state index >= 15 is 0 Å². The number of benzene rings is 1. The molecule has 0 amide bonds.